The number of Topliss-reactive ketones (excluding diaryl/α,β-unsaturated/α-hetero) is 1. The van der Waals surface area contributed by atoms with Crippen LogP contribution in [0.4, 0.5) is 18.9 Å². The van der Waals surface area contributed by atoms with Crippen molar-refractivity contribution < 1.29 is 35.9 Å². The molecule has 0 bridgehead atoms. The highest BCUT2D eigenvalue weighted by Crippen LogP contribution is 2.43. The fourth-order valence-electron chi connectivity index (χ4n) is 5.08. The second-order valence-electron chi connectivity index (χ2n) is 12.5. The molecule has 2 atom stereocenters. The number of pyridine rings is 2. The van der Waals surface area contributed by atoms with Crippen molar-refractivity contribution in [1.29, 1.82) is 0 Å². The molecular formula is C32H36F3N3O5S2. The largest absolute Gasteiger partial charge is 0.457 e. The van der Waals surface area contributed by atoms with Crippen LogP contribution in [0.1, 0.15) is 69.7 Å². The zero-order valence-corrected chi connectivity index (χ0v) is 27.5. The van der Waals surface area contributed by atoms with Gasteiger partial charge in [-0.25, -0.2) is 4.98 Å². The summed E-state index contributed by atoms with van der Waals surface area (Å²) in [5.41, 5.74) is -0.247. The van der Waals surface area contributed by atoms with Gasteiger partial charge >= 0.3 is 12.1 Å². The summed E-state index contributed by atoms with van der Waals surface area (Å²) in [5, 5.41) is -1.67. The predicted octanol–water partition coefficient (Wildman–Crippen LogP) is 6.91. The number of halogens is 3. The minimum Gasteiger partial charge on any atom is -0.457 e. The maximum Gasteiger partial charge on any atom is 0.417 e. The number of rotatable bonds is 9. The molecule has 1 aliphatic heterocycles. The number of ether oxygens (including phenoxy) is 1. The highest BCUT2D eigenvalue weighted by Gasteiger charge is 2.49. The van der Waals surface area contributed by atoms with Gasteiger partial charge in [-0.2, -0.15) is 21.6 Å². The van der Waals surface area contributed by atoms with E-state index in [4.69, 9.17) is 4.74 Å². The smallest absolute Gasteiger partial charge is 0.417 e. The molecule has 1 aromatic carbocycles. The quantitative estimate of drug-likeness (QED) is 0.194. The van der Waals surface area contributed by atoms with Crippen molar-refractivity contribution in [1.82, 2.24) is 9.97 Å². The molecule has 13 heteroatoms. The van der Waals surface area contributed by atoms with Crippen LogP contribution in [0.5, 0.6) is 0 Å². The van der Waals surface area contributed by atoms with E-state index >= 15 is 0 Å². The van der Waals surface area contributed by atoms with Gasteiger partial charge in [-0.1, -0.05) is 40.7 Å². The Bertz CT molecular complexity index is 1650. The molecule has 1 N–H and O–H groups in total. The first-order valence-electron chi connectivity index (χ1n) is 14.3. The first-order valence-corrected chi connectivity index (χ1v) is 16.7. The molecule has 4 rings (SSSR count). The lowest BCUT2D eigenvalue weighted by atomic mass is 9.78. The van der Waals surface area contributed by atoms with Crippen molar-refractivity contribution in [2.24, 2.45) is 5.92 Å². The number of hydrogen-bond donors (Lipinski definition) is 1. The van der Waals surface area contributed by atoms with E-state index < -0.39 is 49.0 Å². The van der Waals surface area contributed by atoms with Crippen LogP contribution in [0.15, 0.2) is 64.9 Å². The molecule has 2 unspecified atom stereocenters. The van der Waals surface area contributed by atoms with E-state index in [2.05, 4.69) is 14.7 Å². The number of nitrogens with zero attached hydrogens (tertiary/aromatic N) is 2. The van der Waals surface area contributed by atoms with Gasteiger partial charge in [0.1, 0.15) is 5.60 Å². The number of sulfonamides is 1. The molecule has 3 heterocycles. The summed E-state index contributed by atoms with van der Waals surface area (Å²) in [6.45, 7) is 11.2. The van der Waals surface area contributed by atoms with Gasteiger partial charge in [0.25, 0.3) is 10.0 Å². The molecule has 0 saturated carbocycles. The van der Waals surface area contributed by atoms with E-state index in [1.54, 1.807) is 31.5 Å². The van der Waals surface area contributed by atoms with Crippen LogP contribution in [0.3, 0.4) is 0 Å². The van der Waals surface area contributed by atoms with E-state index in [0.717, 1.165) is 23.4 Å². The Balaban J connectivity index is 1.59. The van der Waals surface area contributed by atoms with Crippen LogP contribution in [0.2, 0.25) is 0 Å². The molecule has 3 aromatic rings. The fourth-order valence-corrected chi connectivity index (χ4v) is 7.48. The molecule has 1 saturated heterocycles. The summed E-state index contributed by atoms with van der Waals surface area (Å²) < 4.78 is 73.4. The van der Waals surface area contributed by atoms with Crippen molar-refractivity contribution >= 4 is 39.2 Å². The van der Waals surface area contributed by atoms with Crippen molar-refractivity contribution in [3.63, 3.8) is 0 Å². The van der Waals surface area contributed by atoms with Crippen LogP contribution in [-0.2, 0) is 42.4 Å². The first kappa shape index (κ1) is 34.4. The van der Waals surface area contributed by atoms with Gasteiger partial charge in [0.05, 0.1) is 11.3 Å². The zero-order chi connectivity index (χ0) is 33.4. The Morgan fingerprint density at radius 3 is 2.36 bits per heavy atom. The number of ketones is 1. The number of aromatic nitrogens is 2. The monoisotopic (exact) mass is 663 g/mol. The van der Waals surface area contributed by atoms with Crippen LogP contribution >= 0.6 is 11.8 Å². The third-order valence-electron chi connectivity index (χ3n) is 7.86. The average Bonchev–Trinajstić information content (AvgIpc) is 2.94. The number of carbonyl (C=O) groups excluding carboxylic acids is 2. The Labute approximate surface area is 265 Å². The van der Waals surface area contributed by atoms with Gasteiger partial charge in [-0.3, -0.25) is 19.3 Å². The van der Waals surface area contributed by atoms with Crippen molar-refractivity contribution in [3.8, 4) is 0 Å². The highest BCUT2D eigenvalue weighted by atomic mass is 32.2. The van der Waals surface area contributed by atoms with Crippen molar-refractivity contribution in [3.05, 3.63) is 77.2 Å². The lowest BCUT2D eigenvalue weighted by molar-refractivity contribution is -0.176. The number of thioether (sulfide) groups is 1. The Hall–Kier alpha value is -3.45. The van der Waals surface area contributed by atoms with Crippen molar-refractivity contribution in [2.45, 2.75) is 93.2 Å². The molecule has 2 aromatic heterocycles. The number of carbonyl (C=O) groups is 2. The van der Waals surface area contributed by atoms with Crippen LogP contribution < -0.4 is 4.72 Å². The predicted molar refractivity (Wildman–Crippen MR) is 165 cm³/mol. The standard InChI is InChI=1S/C32H36F3N3O5S2/c1-19(2)31(12-11-21-8-7-13-36-17-21)16-25(39)28(29(40)43-31)44-26-14-20(3)24(15-23(26)30(4,5)6)38-45(41,42)27-10-9-22(18-37-27)32(33,34)35/h7-10,13-15,17-19,28,38H,11-12,16H2,1-6H3. The molecule has 45 heavy (non-hydrogen) atoms. The number of cyclic esters (lactones) is 1. The number of nitrogens with one attached hydrogen (secondary N) is 1. The van der Waals surface area contributed by atoms with Crippen molar-refractivity contribution in [2.75, 3.05) is 4.72 Å². The molecule has 1 aliphatic rings. The number of anilines is 1. The van der Waals surface area contributed by atoms with Gasteiger partial charge in [-0.05, 0) is 78.1 Å². The van der Waals surface area contributed by atoms with Gasteiger partial charge in [0.15, 0.2) is 16.1 Å². The Morgan fingerprint density at radius 2 is 1.82 bits per heavy atom. The van der Waals surface area contributed by atoms with E-state index in [9.17, 15) is 31.2 Å². The average molecular weight is 664 g/mol. The number of hydrogen-bond acceptors (Lipinski definition) is 8. The SMILES string of the molecule is Cc1cc(SC2C(=O)CC(CCc3cccnc3)(C(C)C)OC2=O)c(C(C)(C)C)cc1NS(=O)(=O)c1ccc(C(F)(F)F)cn1. The van der Waals surface area contributed by atoms with Gasteiger partial charge < -0.3 is 4.74 Å². The van der Waals surface area contributed by atoms with Gasteiger partial charge in [0.2, 0.25) is 0 Å². The minimum atomic E-state index is -4.66. The number of aryl methyl sites for hydroxylation is 2. The summed E-state index contributed by atoms with van der Waals surface area (Å²) in [4.78, 5) is 35.3. The van der Waals surface area contributed by atoms with E-state index in [-0.39, 0.29) is 23.8 Å². The number of alkyl halides is 3. The second-order valence-corrected chi connectivity index (χ2v) is 15.3. The lowest BCUT2D eigenvalue weighted by Gasteiger charge is -2.41. The molecule has 0 spiro atoms. The third kappa shape index (κ3) is 7.86. The Kier molecular flexibility index (Phi) is 9.75. The maximum atomic E-state index is 13.6. The maximum absolute atomic E-state index is 13.6. The molecule has 0 radical (unpaired) electrons. The third-order valence-corrected chi connectivity index (χ3v) is 10.4. The van der Waals surface area contributed by atoms with Crippen LogP contribution in [0.25, 0.3) is 0 Å². The lowest BCUT2D eigenvalue weighted by Crippen LogP contribution is -2.52. The summed E-state index contributed by atoms with van der Waals surface area (Å²) in [6.07, 6.45) is 0.373. The van der Waals surface area contributed by atoms with Crippen LogP contribution in [0, 0.1) is 12.8 Å². The second kappa shape index (κ2) is 12.7. The molecule has 0 amide bonds. The molecule has 0 aliphatic carbocycles. The van der Waals surface area contributed by atoms with Crippen LogP contribution in [-0.4, -0.2) is 41.0 Å². The fraction of sp³-hybridized carbons (Fsp3) is 0.438. The highest BCUT2D eigenvalue weighted by molar-refractivity contribution is 8.01. The number of esters is 1. The first-order chi connectivity index (χ1) is 20.8. The minimum absolute atomic E-state index is 0.0657. The zero-order valence-electron chi connectivity index (χ0n) is 25.9. The van der Waals surface area contributed by atoms with E-state index in [1.807, 2.05) is 46.8 Å². The topological polar surface area (TPSA) is 115 Å². The van der Waals surface area contributed by atoms with E-state index in [0.29, 0.717) is 41.1 Å². The number of benzene rings is 1. The van der Waals surface area contributed by atoms with E-state index in [1.165, 1.54) is 0 Å². The van der Waals surface area contributed by atoms with Gasteiger partial charge in [-0.15, -0.1) is 11.8 Å². The Morgan fingerprint density at radius 1 is 1.11 bits per heavy atom. The summed E-state index contributed by atoms with van der Waals surface area (Å²) in [6, 6.07) is 8.53. The molecule has 1 fully saturated rings. The molecule has 242 valence electrons. The summed E-state index contributed by atoms with van der Waals surface area (Å²) in [7, 11) is -4.33. The molecular weight excluding hydrogens is 627 g/mol. The summed E-state index contributed by atoms with van der Waals surface area (Å²) in [5.74, 6) is -0.967. The normalized spacial score (nSPS) is 19.5. The summed E-state index contributed by atoms with van der Waals surface area (Å²) >= 11 is 1.07. The van der Waals surface area contributed by atoms with Gasteiger partial charge in [0, 0.05) is 29.9 Å². The molecule has 8 nitrogen and oxygen atoms in total.